The summed E-state index contributed by atoms with van der Waals surface area (Å²) in [7, 11) is 0. The van der Waals surface area contributed by atoms with E-state index < -0.39 is 23.1 Å². The Morgan fingerprint density at radius 2 is 1.78 bits per heavy atom. The average Bonchev–Trinajstić information content (AvgIpc) is 2.59. The largest absolute Gasteiger partial charge is 0.416 e. The Morgan fingerprint density at radius 1 is 1.00 bits per heavy atom. The van der Waals surface area contributed by atoms with Crippen LogP contribution in [0.1, 0.15) is 36.2 Å². The predicted octanol–water partition coefficient (Wildman–Crippen LogP) is 4.96. The molecule has 3 nitrogen and oxygen atoms in total. The van der Waals surface area contributed by atoms with Crippen LogP contribution in [0, 0.1) is 5.82 Å². The Labute approximate surface area is 152 Å². The zero-order valence-electron chi connectivity index (χ0n) is 14.6. The summed E-state index contributed by atoms with van der Waals surface area (Å²) in [6.45, 7) is 3.70. The van der Waals surface area contributed by atoms with E-state index in [0.29, 0.717) is 34.3 Å². The van der Waals surface area contributed by atoms with Gasteiger partial charge in [-0.1, -0.05) is 18.2 Å². The number of halogens is 4. The zero-order valence-corrected chi connectivity index (χ0v) is 14.6. The Hall–Kier alpha value is -2.83. The lowest BCUT2D eigenvalue weighted by Crippen LogP contribution is -2.30. The van der Waals surface area contributed by atoms with Crippen LogP contribution in [0.5, 0.6) is 0 Å². The quantitative estimate of drug-likeness (QED) is 0.566. The summed E-state index contributed by atoms with van der Waals surface area (Å²) in [5, 5.41) is 8.59. The molecule has 7 heteroatoms. The highest BCUT2D eigenvalue weighted by Gasteiger charge is 2.34. The summed E-state index contributed by atoms with van der Waals surface area (Å²) in [6, 6.07) is 9.86. The summed E-state index contributed by atoms with van der Waals surface area (Å²) in [6.07, 6.45) is -4.03. The van der Waals surface area contributed by atoms with E-state index in [2.05, 4.69) is 15.2 Å². The summed E-state index contributed by atoms with van der Waals surface area (Å²) >= 11 is 0. The molecular weight excluding hydrogens is 358 g/mol. The molecule has 0 saturated carbocycles. The Kier molecular flexibility index (Phi) is 3.80. The van der Waals surface area contributed by atoms with E-state index in [9.17, 15) is 17.6 Å². The second-order valence-electron chi connectivity index (χ2n) is 7.23. The third-order valence-electron chi connectivity index (χ3n) is 4.54. The molecular formula is C20H15F4N3. The molecule has 0 unspecified atom stereocenters. The number of fused-ring (bicyclic) bond motifs is 2. The van der Waals surface area contributed by atoms with Crippen LogP contribution < -0.4 is 0 Å². The van der Waals surface area contributed by atoms with Crippen molar-refractivity contribution in [1.29, 1.82) is 0 Å². The standard InChI is InChI=1S/C20H15F4N3/c1-19(2)10-12-8-13(20(22,23)24)6-7-14(12)18(25-19)16-9-11-4-3-5-15(21)17(11)27-26-16/h3-9H,10H2,1-2H3. The van der Waals surface area contributed by atoms with Crippen molar-refractivity contribution in [2.45, 2.75) is 32.0 Å². The first kappa shape index (κ1) is 17.6. The second kappa shape index (κ2) is 5.84. The van der Waals surface area contributed by atoms with Gasteiger partial charge in [-0.3, -0.25) is 4.99 Å². The van der Waals surface area contributed by atoms with E-state index >= 15 is 0 Å². The number of rotatable bonds is 1. The van der Waals surface area contributed by atoms with Gasteiger partial charge in [0.2, 0.25) is 0 Å². The van der Waals surface area contributed by atoms with Crippen LogP contribution in [0.25, 0.3) is 10.9 Å². The SMILES string of the molecule is CC1(C)Cc2cc(C(F)(F)F)ccc2C(c2cc3cccc(F)c3nn2)=N1. The first-order valence-corrected chi connectivity index (χ1v) is 8.37. The highest BCUT2D eigenvalue weighted by atomic mass is 19.4. The van der Waals surface area contributed by atoms with Crippen LogP contribution in [-0.4, -0.2) is 21.4 Å². The van der Waals surface area contributed by atoms with Crippen molar-refractivity contribution in [3.63, 3.8) is 0 Å². The molecule has 0 N–H and O–H groups in total. The molecule has 0 aliphatic carbocycles. The molecule has 0 amide bonds. The molecule has 2 heterocycles. The van der Waals surface area contributed by atoms with Gasteiger partial charge < -0.3 is 0 Å². The van der Waals surface area contributed by atoms with Gasteiger partial charge in [-0.15, -0.1) is 10.2 Å². The van der Waals surface area contributed by atoms with Crippen LogP contribution in [0.3, 0.4) is 0 Å². The van der Waals surface area contributed by atoms with Gasteiger partial charge in [-0.2, -0.15) is 13.2 Å². The lowest BCUT2D eigenvalue weighted by atomic mass is 9.85. The maximum atomic E-state index is 13.8. The van der Waals surface area contributed by atoms with Gasteiger partial charge >= 0.3 is 6.18 Å². The highest BCUT2D eigenvalue weighted by Crippen LogP contribution is 2.35. The second-order valence-corrected chi connectivity index (χ2v) is 7.23. The average molecular weight is 373 g/mol. The van der Waals surface area contributed by atoms with Crippen LogP contribution >= 0.6 is 0 Å². The Morgan fingerprint density at radius 3 is 2.52 bits per heavy atom. The van der Waals surface area contributed by atoms with Gasteiger partial charge in [-0.05, 0) is 50.1 Å². The molecule has 27 heavy (non-hydrogen) atoms. The molecule has 0 atom stereocenters. The van der Waals surface area contributed by atoms with Crippen molar-refractivity contribution in [3.8, 4) is 0 Å². The van der Waals surface area contributed by atoms with E-state index in [1.54, 1.807) is 18.2 Å². The third-order valence-corrected chi connectivity index (χ3v) is 4.54. The summed E-state index contributed by atoms with van der Waals surface area (Å²) < 4.78 is 53.1. The van der Waals surface area contributed by atoms with Gasteiger partial charge in [0.1, 0.15) is 11.2 Å². The number of benzene rings is 2. The van der Waals surface area contributed by atoms with Crippen molar-refractivity contribution in [1.82, 2.24) is 10.2 Å². The fourth-order valence-electron chi connectivity index (χ4n) is 3.36. The minimum Gasteiger partial charge on any atom is -0.276 e. The smallest absolute Gasteiger partial charge is 0.276 e. The van der Waals surface area contributed by atoms with E-state index in [0.717, 1.165) is 6.07 Å². The number of hydrogen-bond donors (Lipinski definition) is 0. The molecule has 3 aromatic rings. The van der Waals surface area contributed by atoms with Crippen molar-refractivity contribution in [2.75, 3.05) is 0 Å². The van der Waals surface area contributed by atoms with Gasteiger partial charge in [0.05, 0.1) is 16.8 Å². The molecule has 1 aliphatic heterocycles. The first-order valence-electron chi connectivity index (χ1n) is 8.37. The van der Waals surface area contributed by atoms with Gasteiger partial charge in [0.25, 0.3) is 0 Å². The van der Waals surface area contributed by atoms with E-state index in [1.165, 1.54) is 18.2 Å². The number of hydrogen-bond acceptors (Lipinski definition) is 3. The van der Waals surface area contributed by atoms with Crippen LogP contribution in [-0.2, 0) is 12.6 Å². The molecule has 0 fully saturated rings. The maximum absolute atomic E-state index is 13.8. The zero-order chi connectivity index (χ0) is 19.4. The first-order chi connectivity index (χ1) is 12.6. The molecule has 4 rings (SSSR count). The fourth-order valence-corrected chi connectivity index (χ4v) is 3.36. The summed E-state index contributed by atoms with van der Waals surface area (Å²) in [4.78, 5) is 4.69. The van der Waals surface area contributed by atoms with Gasteiger partial charge in [-0.25, -0.2) is 4.39 Å². The fraction of sp³-hybridized carbons (Fsp3) is 0.250. The normalized spacial score (nSPS) is 16.1. The number of alkyl halides is 3. The van der Waals surface area contributed by atoms with Crippen molar-refractivity contribution >= 4 is 16.6 Å². The molecule has 1 aliphatic rings. The molecule has 0 spiro atoms. The molecule has 0 radical (unpaired) electrons. The van der Waals surface area contributed by atoms with Crippen LogP contribution in [0.2, 0.25) is 0 Å². The Balaban J connectivity index is 1.89. The number of nitrogens with zero attached hydrogens (tertiary/aromatic N) is 3. The van der Waals surface area contributed by atoms with Crippen LogP contribution in [0.4, 0.5) is 17.6 Å². The summed E-state index contributed by atoms with van der Waals surface area (Å²) in [5.41, 5.74) is 0.879. The van der Waals surface area contributed by atoms with Crippen molar-refractivity contribution < 1.29 is 17.6 Å². The van der Waals surface area contributed by atoms with Crippen LogP contribution in [0.15, 0.2) is 47.5 Å². The highest BCUT2D eigenvalue weighted by molar-refractivity contribution is 6.14. The molecule has 2 aromatic carbocycles. The third kappa shape index (κ3) is 3.18. The monoisotopic (exact) mass is 373 g/mol. The molecule has 138 valence electrons. The minimum absolute atomic E-state index is 0.143. The van der Waals surface area contributed by atoms with Crippen molar-refractivity contribution in [3.05, 3.63) is 70.7 Å². The maximum Gasteiger partial charge on any atom is 0.416 e. The summed E-state index contributed by atoms with van der Waals surface area (Å²) in [5.74, 6) is -0.479. The topological polar surface area (TPSA) is 38.1 Å². The van der Waals surface area contributed by atoms with E-state index in [4.69, 9.17) is 0 Å². The minimum atomic E-state index is -4.41. The lowest BCUT2D eigenvalue weighted by Gasteiger charge is -2.29. The van der Waals surface area contributed by atoms with Gasteiger partial charge in [0, 0.05) is 10.9 Å². The van der Waals surface area contributed by atoms with E-state index in [1.807, 2.05) is 13.8 Å². The molecule has 1 aromatic heterocycles. The Bertz CT molecular complexity index is 1080. The molecule has 0 bridgehead atoms. The number of aliphatic imine (C=N–C) groups is 1. The predicted molar refractivity (Wildman–Crippen MR) is 94.4 cm³/mol. The van der Waals surface area contributed by atoms with Gasteiger partial charge in [0.15, 0.2) is 5.82 Å². The number of aromatic nitrogens is 2. The van der Waals surface area contributed by atoms with E-state index in [-0.39, 0.29) is 5.52 Å². The van der Waals surface area contributed by atoms with Crippen molar-refractivity contribution in [2.24, 2.45) is 4.99 Å². The molecule has 0 saturated heterocycles. The lowest BCUT2D eigenvalue weighted by molar-refractivity contribution is -0.137.